The Morgan fingerprint density at radius 3 is 2.93 bits per heavy atom. The van der Waals surface area contributed by atoms with Crippen LogP contribution >= 0.6 is 0 Å². The lowest BCUT2D eigenvalue weighted by Crippen LogP contribution is -1.84. The summed E-state index contributed by atoms with van der Waals surface area (Å²) in [5, 5.41) is 0. The fourth-order valence-corrected chi connectivity index (χ4v) is 1.49. The van der Waals surface area contributed by atoms with E-state index in [9.17, 15) is 4.79 Å². The van der Waals surface area contributed by atoms with Crippen LogP contribution < -0.4 is 0 Å². The number of isocyanates is 1. The van der Waals surface area contributed by atoms with Gasteiger partial charge in [-0.15, -0.1) is 0 Å². The Kier molecular flexibility index (Phi) is 1.91. The van der Waals surface area contributed by atoms with E-state index in [2.05, 4.69) is 15.0 Å². The average Bonchev–Trinajstić information content (AvgIpc) is 2.62. The summed E-state index contributed by atoms with van der Waals surface area (Å²) in [6.45, 7) is 3.88. The molecule has 14 heavy (non-hydrogen) atoms. The summed E-state index contributed by atoms with van der Waals surface area (Å²) < 4.78 is 0. The van der Waals surface area contributed by atoms with Gasteiger partial charge >= 0.3 is 0 Å². The molecule has 1 aromatic carbocycles. The van der Waals surface area contributed by atoms with Crippen molar-refractivity contribution in [2.75, 3.05) is 0 Å². The maximum Gasteiger partial charge on any atom is 0.240 e. The molecule has 0 fully saturated rings. The molecule has 0 aliphatic rings. The first kappa shape index (κ1) is 8.66. The SMILES string of the molecule is Cc1c(N=C=O)cc2[nH]cnc2c1C. The number of aromatic nitrogens is 2. The van der Waals surface area contributed by atoms with Gasteiger partial charge in [-0.3, -0.25) is 0 Å². The number of hydrogen-bond donors (Lipinski definition) is 1. The third-order valence-corrected chi connectivity index (χ3v) is 2.42. The molecule has 2 aromatic rings. The number of hydrogen-bond acceptors (Lipinski definition) is 3. The molecule has 1 heterocycles. The Morgan fingerprint density at radius 2 is 2.21 bits per heavy atom. The fraction of sp³-hybridized carbons (Fsp3) is 0.200. The van der Waals surface area contributed by atoms with Gasteiger partial charge in [-0.05, 0) is 31.0 Å². The van der Waals surface area contributed by atoms with Crippen molar-refractivity contribution in [1.82, 2.24) is 9.97 Å². The van der Waals surface area contributed by atoms with Gasteiger partial charge in [-0.25, -0.2) is 9.78 Å². The molecule has 4 nitrogen and oxygen atoms in total. The van der Waals surface area contributed by atoms with E-state index >= 15 is 0 Å². The maximum absolute atomic E-state index is 10.2. The second-order valence-corrected chi connectivity index (χ2v) is 3.15. The number of imidazole rings is 1. The number of fused-ring (bicyclic) bond motifs is 1. The van der Waals surface area contributed by atoms with Crippen molar-refractivity contribution in [3.05, 3.63) is 23.5 Å². The van der Waals surface area contributed by atoms with Crippen molar-refractivity contribution in [1.29, 1.82) is 0 Å². The molecule has 70 valence electrons. The third-order valence-electron chi connectivity index (χ3n) is 2.42. The van der Waals surface area contributed by atoms with Crippen LogP contribution in [0.2, 0.25) is 0 Å². The van der Waals surface area contributed by atoms with E-state index in [-0.39, 0.29) is 0 Å². The summed E-state index contributed by atoms with van der Waals surface area (Å²) in [5.74, 6) is 0. The molecule has 0 aliphatic carbocycles. The largest absolute Gasteiger partial charge is 0.345 e. The number of aliphatic imine (C=N–C) groups is 1. The number of aromatic amines is 1. The quantitative estimate of drug-likeness (QED) is 0.549. The monoisotopic (exact) mass is 187 g/mol. The van der Waals surface area contributed by atoms with E-state index in [1.54, 1.807) is 18.5 Å². The van der Waals surface area contributed by atoms with E-state index in [1.165, 1.54) is 0 Å². The van der Waals surface area contributed by atoms with Crippen molar-refractivity contribution < 1.29 is 4.79 Å². The minimum absolute atomic E-state index is 0.647. The Balaban J connectivity index is 2.86. The minimum Gasteiger partial charge on any atom is -0.345 e. The zero-order valence-corrected chi connectivity index (χ0v) is 7.96. The molecule has 0 amide bonds. The number of H-pyrrole nitrogens is 1. The zero-order valence-electron chi connectivity index (χ0n) is 7.96. The molecule has 0 saturated carbocycles. The predicted octanol–water partition coefficient (Wildman–Crippen LogP) is 2.15. The van der Waals surface area contributed by atoms with Crippen LogP contribution in [0.3, 0.4) is 0 Å². The highest BCUT2D eigenvalue weighted by Gasteiger charge is 2.07. The summed E-state index contributed by atoms with van der Waals surface area (Å²) in [7, 11) is 0. The maximum atomic E-state index is 10.2. The summed E-state index contributed by atoms with van der Waals surface area (Å²) in [5.41, 5.74) is 4.47. The number of rotatable bonds is 1. The van der Waals surface area contributed by atoms with Crippen LogP contribution in [-0.4, -0.2) is 16.0 Å². The van der Waals surface area contributed by atoms with E-state index in [0.29, 0.717) is 5.69 Å². The smallest absolute Gasteiger partial charge is 0.240 e. The first-order chi connectivity index (χ1) is 6.74. The number of nitrogens with one attached hydrogen (secondary N) is 1. The zero-order chi connectivity index (χ0) is 10.1. The molecule has 1 aromatic heterocycles. The number of nitrogens with zero attached hydrogens (tertiary/aromatic N) is 2. The molecular formula is C10H9N3O. The minimum atomic E-state index is 0.647. The lowest BCUT2D eigenvalue weighted by molar-refractivity contribution is 0.565. The van der Waals surface area contributed by atoms with Gasteiger partial charge in [0, 0.05) is 0 Å². The molecule has 0 atom stereocenters. The van der Waals surface area contributed by atoms with Crippen LogP contribution in [0.25, 0.3) is 11.0 Å². The van der Waals surface area contributed by atoms with Crippen molar-refractivity contribution in [3.63, 3.8) is 0 Å². The highest BCUT2D eigenvalue weighted by molar-refractivity contribution is 5.84. The lowest BCUT2D eigenvalue weighted by atomic mass is 10.1. The van der Waals surface area contributed by atoms with Crippen LogP contribution in [0.5, 0.6) is 0 Å². The Labute approximate surface area is 80.7 Å². The fourth-order valence-electron chi connectivity index (χ4n) is 1.49. The second kappa shape index (κ2) is 3.09. The standard InChI is InChI=1S/C10H9N3O/c1-6-7(2)10-9(11-4-12-10)3-8(6)13-5-14/h3-4H,1-2H3,(H,11,12). The molecule has 1 N–H and O–H groups in total. The highest BCUT2D eigenvalue weighted by atomic mass is 16.1. The van der Waals surface area contributed by atoms with Gasteiger partial charge in [0.15, 0.2) is 0 Å². The molecule has 0 saturated heterocycles. The van der Waals surface area contributed by atoms with E-state index in [1.807, 2.05) is 13.8 Å². The van der Waals surface area contributed by atoms with Crippen molar-refractivity contribution in [3.8, 4) is 0 Å². The molecule has 2 rings (SSSR count). The summed E-state index contributed by atoms with van der Waals surface area (Å²) >= 11 is 0. The van der Waals surface area contributed by atoms with Gasteiger partial charge in [-0.1, -0.05) is 0 Å². The predicted molar refractivity (Wildman–Crippen MR) is 53.3 cm³/mol. The van der Waals surface area contributed by atoms with Gasteiger partial charge in [0.2, 0.25) is 6.08 Å². The van der Waals surface area contributed by atoms with Gasteiger partial charge < -0.3 is 4.98 Å². The number of benzene rings is 1. The van der Waals surface area contributed by atoms with E-state index in [0.717, 1.165) is 22.2 Å². The summed E-state index contributed by atoms with van der Waals surface area (Å²) in [4.78, 5) is 21.0. The molecule has 4 heteroatoms. The molecule has 0 spiro atoms. The number of aryl methyl sites for hydroxylation is 1. The van der Waals surface area contributed by atoms with Crippen molar-refractivity contribution in [2.45, 2.75) is 13.8 Å². The molecule has 0 bridgehead atoms. The lowest BCUT2D eigenvalue weighted by Gasteiger charge is -2.03. The molecular weight excluding hydrogens is 178 g/mol. The van der Waals surface area contributed by atoms with Crippen LogP contribution in [-0.2, 0) is 4.79 Å². The summed E-state index contributed by atoms with van der Waals surface area (Å²) in [6.07, 6.45) is 3.18. The van der Waals surface area contributed by atoms with Crippen LogP contribution in [0.1, 0.15) is 11.1 Å². The van der Waals surface area contributed by atoms with Crippen LogP contribution in [0, 0.1) is 13.8 Å². The van der Waals surface area contributed by atoms with Gasteiger partial charge in [0.1, 0.15) is 0 Å². The Morgan fingerprint density at radius 1 is 1.43 bits per heavy atom. The van der Waals surface area contributed by atoms with Crippen molar-refractivity contribution in [2.24, 2.45) is 4.99 Å². The first-order valence-electron chi connectivity index (χ1n) is 4.25. The molecule has 0 aliphatic heterocycles. The van der Waals surface area contributed by atoms with Crippen molar-refractivity contribution >= 4 is 22.8 Å². The van der Waals surface area contributed by atoms with Gasteiger partial charge in [0.25, 0.3) is 0 Å². The topological polar surface area (TPSA) is 58.1 Å². The van der Waals surface area contributed by atoms with Crippen LogP contribution in [0.15, 0.2) is 17.4 Å². The molecule has 0 radical (unpaired) electrons. The Bertz CT molecular complexity index is 536. The van der Waals surface area contributed by atoms with E-state index in [4.69, 9.17) is 0 Å². The second-order valence-electron chi connectivity index (χ2n) is 3.15. The van der Waals surface area contributed by atoms with Crippen LogP contribution in [0.4, 0.5) is 5.69 Å². The first-order valence-corrected chi connectivity index (χ1v) is 4.25. The van der Waals surface area contributed by atoms with Gasteiger partial charge in [-0.2, -0.15) is 4.99 Å². The molecule has 0 unspecified atom stereocenters. The van der Waals surface area contributed by atoms with Gasteiger partial charge in [0.05, 0.1) is 23.0 Å². The number of carbonyl (C=O) groups excluding carboxylic acids is 1. The normalized spacial score (nSPS) is 10.1. The highest BCUT2D eigenvalue weighted by Crippen LogP contribution is 2.27. The third kappa shape index (κ3) is 1.13. The average molecular weight is 187 g/mol. The van der Waals surface area contributed by atoms with E-state index < -0.39 is 0 Å². The summed E-state index contributed by atoms with van der Waals surface area (Å²) in [6, 6.07) is 1.80. The Hall–Kier alpha value is -1.93.